The minimum Gasteiger partial charge on any atom is -0.323 e. The van der Waals surface area contributed by atoms with Gasteiger partial charge in [0.1, 0.15) is 0 Å². The van der Waals surface area contributed by atoms with Gasteiger partial charge in [-0.1, -0.05) is 18.2 Å². The number of benzene rings is 1. The normalized spacial score (nSPS) is 16.5. The van der Waals surface area contributed by atoms with Crippen molar-refractivity contribution < 1.29 is 4.79 Å². The summed E-state index contributed by atoms with van der Waals surface area (Å²) in [5.41, 5.74) is 0.781. The molecule has 2 rings (SSSR count). The highest BCUT2D eigenvalue weighted by atomic mass is 16.1. The number of hydrogen-bond donors (Lipinski definition) is 1. The highest BCUT2D eigenvalue weighted by molar-refractivity contribution is 5.99. The molecule has 3 nitrogen and oxygen atoms in total. The number of carbonyl (C=O) groups excluding carboxylic acids is 1. The fourth-order valence-corrected chi connectivity index (χ4v) is 1.93. The lowest BCUT2D eigenvalue weighted by atomic mass is 10.3. The van der Waals surface area contributed by atoms with Crippen molar-refractivity contribution in [1.29, 1.82) is 0 Å². The van der Waals surface area contributed by atoms with Crippen LogP contribution in [0.1, 0.15) is 12.8 Å². The molecule has 1 aliphatic rings. The first-order valence-electron chi connectivity index (χ1n) is 6.00. The number of anilines is 1. The van der Waals surface area contributed by atoms with Gasteiger partial charge >= 0.3 is 0 Å². The van der Waals surface area contributed by atoms with Crippen LogP contribution in [0.2, 0.25) is 0 Å². The fraction of sp³-hybridized carbons (Fsp3) is 0.357. The van der Waals surface area contributed by atoms with E-state index >= 15 is 0 Å². The van der Waals surface area contributed by atoms with Gasteiger partial charge in [0.15, 0.2) is 0 Å². The Bertz CT molecular complexity index is 380. The summed E-state index contributed by atoms with van der Waals surface area (Å²) in [4.78, 5) is 13.9. The summed E-state index contributed by atoms with van der Waals surface area (Å²) in [5, 5.41) is 2.79. The number of rotatable bonds is 4. The predicted molar refractivity (Wildman–Crippen MR) is 68.7 cm³/mol. The lowest BCUT2D eigenvalue weighted by Crippen LogP contribution is -2.19. The van der Waals surface area contributed by atoms with E-state index in [1.54, 1.807) is 18.2 Å². The second-order valence-corrected chi connectivity index (χ2v) is 4.19. The van der Waals surface area contributed by atoms with Crippen molar-refractivity contribution in [2.75, 3.05) is 25.0 Å². The maximum atomic E-state index is 11.6. The summed E-state index contributed by atoms with van der Waals surface area (Å²) < 4.78 is 0. The van der Waals surface area contributed by atoms with E-state index in [4.69, 9.17) is 0 Å². The molecule has 0 saturated carbocycles. The molecule has 1 amide bonds. The van der Waals surface area contributed by atoms with Crippen LogP contribution in [0, 0.1) is 6.07 Å². The Morgan fingerprint density at radius 2 is 2.29 bits per heavy atom. The van der Waals surface area contributed by atoms with Gasteiger partial charge in [0.2, 0.25) is 5.91 Å². The molecule has 3 heteroatoms. The minimum atomic E-state index is -0.0798. The molecule has 1 radical (unpaired) electrons. The number of carbonyl (C=O) groups is 1. The number of amides is 1. The molecule has 0 atom stereocenters. The van der Waals surface area contributed by atoms with Gasteiger partial charge in [0, 0.05) is 18.3 Å². The molecular weight excluding hydrogens is 212 g/mol. The van der Waals surface area contributed by atoms with Crippen LogP contribution >= 0.6 is 0 Å². The van der Waals surface area contributed by atoms with Crippen LogP contribution in [0.5, 0.6) is 0 Å². The topological polar surface area (TPSA) is 32.3 Å². The molecule has 0 aromatic heterocycles. The zero-order valence-corrected chi connectivity index (χ0v) is 9.86. The van der Waals surface area contributed by atoms with Gasteiger partial charge in [-0.2, -0.15) is 0 Å². The monoisotopic (exact) mass is 229 g/mol. The van der Waals surface area contributed by atoms with Crippen LogP contribution in [0.25, 0.3) is 0 Å². The summed E-state index contributed by atoms with van der Waals surface area (Å²) in [6.07, 6.45) is 6.08. The third-order valence-electron chi connectivity index (χ3n) is 2.81. The fourth-order valence-electron chi connectivity index (χ4n) is 1.93. The molecule has 1 aliphatic heterocycles. The SMILES string of the molecule is O=C(C=CCN1CCCC1)Nc1c[c]ccc1. The van der Waals surface area contributed by atoms with Crippen LogP contribution in [-0.2, 0) is 4.79 Å². The van der Waals surface area contributed by atoms with E-state index in [0.29, 0.717) is 0 Å². The molecule has 17 heavy (non-hydrogen) atoms. The van der Waals surface area contributed by atoms with Crippen molar-refractivity contribution in [1.82, 2.24) is 4.90 Å². The van der Waals surface area contributed by atoms with Crippen molar-refractivity contribution in [3.05, 3.63) is 42.5 Å². The van der Waals surface area contributed by atoms with Crippen LogP contribution in [-0.4, -0.2) is 30.4 Å². The van der Waals surface area contributed by atoms with E-state index in [1.807, 2.05) is 18.2 Å². The van der Waals surface area contributed by atoms with Gasteiger partial charge in [-0.25, -0.2) is 0 Å². The van der Waals surface area contributed by atoms with E-state index in [1.165, 1.54) is 12.8 Å². The maximum Gasteiger partial charge on any atom is 0.248 e. The molecule has 0 bridgehead atoms. The highest BCUT2D eigenvalue weighted by Gasteiger charge is 2.08. The summed E-state index contributed by atoms with van der Waals surface area (Å²) >= 11 is 0. The molecule has 89 valence electrons. The first kappa shape index (κ1) is 11.9. The first-order valence-corrected chi connectivity index (χ1v) is 6.00. The van der Waals surface area contributed by atoms with Crippen molar-refractivity contribution in [2.24, 2.45) is 0 Å². The largest absolute Gasteiger partial charge is 0.323 e. The van der Waals surface area contributed by atoms with Crippen molar-refractivity contribution in [2.45, 2.75) is 12.8 Å². The Kier molecular flexibility index (Phi) is 4.33. The van der Waals surface area contributed by atoms with E-state index in [-0.39, 0.29) is 5.91 Å². The van der Waals surface area contributed by atoms with E-state index in [2.05, 4.69) is 16.3 Å². The van der Waals surface area contributed by atoms with Gasteiger partial charge in [0.05, 0.1) is 0 Å². The summed E-state index contributed by atoms with van der Waals surface area (Å²) in [6.45, 7) is 3.17. The molecule has 1 N–H and O–H groups in total. The number of nitrogens with zero attached hydrogens (tertiary/aromatic N) is 1. The Hall–Kier alpha value is -1.61. The summed E-state index contributed by atoms with van der Waals surface area (Å²) in [5.74, 6) is -0.0798. The lowest BCUT2D eigenvalue weighted by Gasteiger charge is -2.10. The second-order valence-electron chi connectivity index (χ2n) is 4.19. The molecule has 0 spiro atoms. The average molecular weight is 229 g/mol. The Balaban J connectivity index is 1.75. The zero-order chi connectivity index (χ0) is 11.9. The molecule has 1 saturated heterocycles. The van der Waals surface area contributed by atoms with Crippen LogP contribution in [0.4, 0.5) is 5.69 Å². The third kappa shape index (κ3) is 4.04. The van der Waals surface area contributed by atoms with E-state index < -0.39 is 0 Å². The quantitative estimate of drug-likeness (QED) is 0.802. The Labute approximate surface area is 102 Å². The second kappa shape index (κ2) is 6.21. The first-order chi connectivity index (χ1) is 8.34. The molecular formula is C14H17N2O. The summed E-state index contributed by atoms with van der Waals surface area (Å²) in [6, 6.07) is 10.2. The van der Waals surface area contributed by atoms with Crippen LogP contribution in [0.15, 0.2) is 36.4 Å². The standard InChI is InChI=1S/C14H17N2O/c17-14(15-13-7-2-1-3-8-13)9-6-12-16-10-4-5-11-16/h1-2,6-9H,4-5,10-12H2,(H,15,17). The van der Waals surface area contributed by atoms with Crippen LogP contribution in [0.3, 0.4) is 0 Å². The average Bonchev–Trinajstić information content (AvgIpc) is 2.83. The van der Waals surface area contributed by atoms with Gasteiger partial charge in [0.25, 0.3) is 0 Å². The van der Waals surface area contributed by atoms with Crippen molar-refractivity contribution >= 4 is 11.6 Å². The molecule has 1 aromatic rings. The smallest absolute Gasteiger partial charge is 0.248 e. The number of hydrogen-bond acceptors (Lipinski definition) is 2. The van der Waals surface area contributed by atoms with E-state index in [9.17, 15) is 4.79 Å². The number of likely N-dealkylation sites (tertiary alicyclic amines) is 1. The Morgan fingerprint density at radius 1 is 1.47 bits per heavy atom. The zero-order valence-electron chi connectivity index (χ0n) is 9.86. The van der Waals surface area contributed by atoms with Gasteiger partial charge in [-0.05, 0) is 44.1 Å². The number of nitrogens with one attached hydrogen (secondary N) is 1. The predicted octanol–water partition coefficient (Wildman–Crippen LogP) is 2.08. The Morgan fingerprint density at radius 3 is 3.00 bits per heavy atom. The lowest BCUT2D eigenvalue weighted by molar-refractivity contribution is -0.111. The molecule has 0 unspecified atom stereocenters. The van der Waals surface area contributed by atoms with Crippen molar-refractivity contribution in [3.63, 3.8) is 0 Å². The highest BCUT2D eigenvalue weighted by Crippen LogP contribution is 2.07. The molecule has 1 fully saturated rings. The van der Waals surface area contributed by atoms with Crippen molar-refractivity contribution in [3.8, 4) is 0 Å². The van der Waals surface area contributed by atoms with Gasteiger partial charge in [-0.15, -0.1) is 0 Å². The minimum absolute atomic E-state index is 0.0798. The molecule has 1 aromatic carbocycles. The maximum absolute atomic E-state index is 11.6. The van der Waals surface area contributed by atoms with Gasteiger partial charge in [-0.3, -0.25) is 9.69 Å². The molecule has 1 heterocycles. The molecule has 0 aliphatic carbocycles. The van der Waals surface area contributed by atoms with E-state index in [0.717, 1.165) is 25.3 Å². The van der Waals surface area contributed by atoms with Crippen LogP contribution < -0.4 is 5.32 Å². The summed E-state index contributed by atoms with van der Waals surface area (Å²) in [7, 11) is 0. The van der Waals surface area contributed by atoms with Gasteiger partial charge < -0.3 is 5.32 Å². The third-order valence-corrected chi connectivity index (χ3v) is 2.81.